The van der Waals surface area contributed by atoms with Gasteiger partial charge in [-0.15, -0.1) is 0 Å². The minimum absolute atomic E-state index is 0.0307. The van der Waals surface area contributed by atoms with Gasteiger partial charge in [-0.25, -0.2) is 9.18 Å². The highest BCUT2D eigenvalue weighted by Crippen LogP contribution is 2.28. The molecule has 0 bridgehead atoms. The van der Waals surface area contributed by atoms with E-state index in [0.717, 1.165) is 12.5 Å². The van der Waals surface area contributed by atoms with E-state index in [1.807, 2.05) is 16.7 Å². The number of carbonyl (C=O) groups is 3. The molecule has 1 atom stereocenters. The van der Waals surface area contributed by atoms with Crippen LogP contribution in [-0.4, -0.2) is 76.0 Å². The predicted molar refractivity (Wildman–Crippen MR) is 129 cm³/mol. The van der Waals surface area contributed by atoms with Crippen LogP contribution in [0, 0.1) is 11.7 Å². The Morgan fingerprint density at radius 2 is 1.83 bits per heavy atom. The third-order valence-electron chi connectivity index (χ3n) is 6.97. The van der Waals surface area contributed by atoms with Crippen LogP contribution in [-0.2, 0) is 16.1 Å². The van der Waals surface area contributed by atoms with Crippen molar-refractivity contribution in [2.75, 3.05) is 37.6 Å². The Balaban J connectivity index is 1.53. The van der Waals surface area contributed by atoms with E-state index in [1.165, 1.54) is 11.1 Å². The quantitative estimate of drug-likeness (QED) is 0.598. The SMILES string of the molecule is CCn1cc(C(=O)O)c(=O)c2cc(F)c(N3CCN([C@H]4CC(=O)N(CCC(C)C)C4=O)CC3)cc21. The summed E-state index contributed by atoms with van der Waals surface area (Å²) in [6.45, 7) is 8.69. The van der Waals surface area contributed by atoms with Crippen molar-refractivity contribution >= 4 is 34.4 Å². The Morgan fingerprint density at radius 1 is 1.14 bits per heavy atom. The second kappa shape index (κ2) is 9.77. The maximum Gasteiger partial charge on any atom is 0.341 e. The number of carbonyl (C=O) groups excluding carboxylic acids is 2. The minimum Gasteiger partial charge on any atom is -0.477 e. The Bertz CT molecular complexity index is 1230. The second-order valence-corrected chi connectivity index (χ2v) is 9.59. The molecule has 2 aliphatic heterocycles. The molecule has 0 saturated carbocycles. The van der Waals surface area contributed by atoms with Crippen LogP contribution in [0.15, 0.2) is 23.1 Å². The van der Waals surface area contributed by atoms with Crippen molar-refractivity contribution in [3.05, 3.63) is 39.9 Å². The lowest BCUT2D eigenvalue weighted by atomic mass is 10.1. The standard InChI is InChI=1S/C25H31FN4O5/c1-4-27-14-17(25(34)35)23(32)16-11-18(26)20(12-19(16)27)28-7-9-29(10-8-28)21-13-22(31)30(24(21)33)6-5-15(2)3/h11-12,14-15,21H,4-10,13H2,1-3H3,(H,34,35)/t21-/m0/s1. The number of aryl methyl sites for hydroxylation is 1. The van der Waals surface area contributed by atoms with Crippen LogP contribution in [0.3, 0.4) is 0 Å². The first-order chi connectivity index (χ1) is 16.6. The smallest absolute Gasteiger partial charge is 0.341 e. The number of fused-ring (bicyclic) bond motifs is 1. The number of benzene rings is 1. The molecule has 1 aromatic heterocycles. The Kier molecular flexibility index (Phi) is 6.93. The highest BCUT2D eigenvalue weighted by molar-refractivity contribution is 6.05. The van der Waals surface area contributed by atoms with E-state index in [1.54, 1.807) is 10.6 Å². The zero-order valence-corrected chi connectivity index (χ0v) is 20.3. The van der Waals surface area contributed by atoms with Gasteiger partial charge < -0.3 is 14.6 Å². The van der Waals surface area contributed by atoms with Gasteiger partial charge in [0.1, 0.15) is 11.4 Å². The maximum absolute atomic E-state index is 15.1. The number of nitrogens with zero attached hydrogens (tertiary/aromatic N) is 4. The first-order valence-electron chi connectivity index (χ1n) is 12.1. The number of imide groups is 1. The number of hydrogen-bond donors (Lipinski definition) is 1. The van der Waals surface area contributed by atoms with Gasteiger partial charge in [0, 0.05) is 50.9 Å². The van der Waals surface area contributed by atoms with E-state index in [9.17, 15) is 24.3 Å². The molecule has 3 heterocycles. The van der Waals surface area contributed by atoms with Crippen LogP contribution < -0.4 is 10.3 Å². The van der Waals surface area contributed by atoms with Crippen molar-refractivity contribution in [3.8, 4) is 0 Å². The maximum atomic E-state index is 15.1. The van der Waals surface area contributed by atoms with Gasteiger partial charge in [-0.3, -0.25) is 24.2 Å². The van der Waals surface area contributed by atoms with Crippen molar-refractivity contribution in [1.82, 2.24) is 14.4 Å². The van der Waals surface area contributed by atoms with Crippen LogP contribution in [0.4, 0.5) is 10.1 Å². The van der Waals surface area contributed by atoms with E-state index in [4.69, 9.17) is 0 Å². The Morgan fingerprint density at radius 3 is 2.43 bits per heavy atom. The average Bonchev–Trinajstić information content (AvgIpc) is 3.11. The van der Waals surface area contributed by atoms with Crippen molar-refractivity contribution in [1.29, 1.82) is 0 Å². The lowest BCUT2D eigenvalue weighted by Gasteiger charge is -2.38. The van der Waals surface area contributed by atoms with Gasteiger partial charge in [0.15, 0.2) is 0 Å². The van der Waals surface area contributed by atoms with Gasteiger partial charge in [-0.2, -0.15) is 0 Å². The molecule has 10 heteroatoms. The number of pyridine rings is 1. The first kappa shape index (κ1) is 24.8. The number of carboxylic acid groups (broad SMARTS) is 1. The van der Waals surface area contributed by atoms with E-state index < -0.39 is 28.8 Å². The fourth-order valence-corrected chi connectivity index (χ4v) is 4.90. The van der Waals surface area contributed by atoms with Gasteiger partial charge >= 0.3 is 5.97 Å². The summed E-state index contributed by atoms with van der Waals surface area (Å²) >= 11 is 0. The van der Waals surface area contributed by atoms with Gasteiger partial charge in [0.2, 0.25) is 17.2 Å². The monoisotopic (exact) mass is 486 g/mol. The summed E-state index contributed by atoms with van der Waals surface area (Å²) in [6.07, 6.45) is 2.24. The molecule has 35 heavy (non-hydrogen) atoms. The molecule has 2 aromatic rings. The molecule has 0 radical (unpaired) electrons. The van der Waals surface area contributed by atoms with E-state index >= 15 is 4.39 Å². The minimum atomic E-state index is -1.34. The highest BCUT2D eigenvalue weighted by atomic mass is 19.1. The fraction of sp³-hybridized carbons (Fsp3) is 0.520. The molecular weight excluding hydrogens is 455 g/mol. The van der Waals surface area contributed by atoms with Crippen LogP contribution in [0.25, 0.3) is 10.9 Å². The molecule has 188 valence electrons. The largest absolute Gasteiger partial charge is 0.477 e. The third-order valence-corrected chi connectivity index (χ3v) is 6.97. The lowest BCUT2D eigenvalue weighted by molar-refractivity contribution is -0.139. The number of anilines is 1. The van der Waals surface area contributed by atoms with Crippen molar-refractivity contribution in [2.45, 2.75) is 46.2 Å². The normalized spacial score (nSPS) is 19.4. The van der Waals surface area contributed by atoms with Gasteiger partial charge in [-0.05, 0) is 31.4 Å². The molecular formula is C25H31FN4O5. The molecule has 0 spiro atoms. The van der Waals surface area contributed by atoms with Gasteiger partial charge in [0.05, 0.1) is 23.7 Å². The molecule has 0 unspecified atom stereocenters. The van der Waals surface area contributed by atoms with E-state index in [0.29, 0.717) is 56.4 Å². The summed E-state index contributed by atoms with van der Waals surface area (Å²) in [7, 11) is 0. The number of aromatic nitrogens is 1. The number of rotatable bonds is 7. The molecule has 1 aromatic carbocycles. The fourth-order valence-electron chi connectivity index (χ4n) is 4.90. The molecule has 4 rings (SSSR count). The summed E-state index contributed by atoms with van der Waals surface area (Å²) in [6, 6.07) is 2.23. The topological polar surface area (TPSA) is 103 Å². The van der Waals surface area contributed by atoms with Crippen molar-refractivity contribution in [2.24, 2.45) is 5.92 Å². The number of halogens is 1. The highest BCUT2D eigenvalue weighted by Gasteiger charge is 2.42. The number of likely N-dealkylation sites (tertiary alicyclic amines) is 1. The Hall–Kier alpha value is -3.27. The van der Waals surface area contributed by atoms with Crippen LogP contribution in [0.5, 0.6) is 0 Å². The van der Waals surface area contributed by atoms with Gasteiger partial charge in [-0.1, -0.05) is 13.8 Å². The summed E-state index contributed by atoms with van der Waals surface area (Å²) in [4.78, 5) is 54.5. The van der Waals surface area contributed by atoms with Crippen molar-refractivity contribution < 1.29 is 23.9 Å². The number of hydrogen-bond acceptors (Lipinski definition) is 6. The predicted octanol–water partition coefficient (Wildman–Crippen LogP) is 2.15. The average molecular weight is 487 g/mol. The molecule has 1 N–H and O–H groups in total. The Labute approximate surface area is 202 Å². The zero-order chi connectivity index (χ0) is 25.4. The van der Waals surface area contributed by atoms with Crippen LogP contribution in [0.2, 0.25) is 0 Å². The van der Waals surface area contributed by atoms with Crippen LogP contribution in [0.1, 0.15) is 44.0 Å². The lowest BCUT2D eigenvalue weighted by Crippen LogP contribution is -2.52. The number of amides is 2. The molecule has 2 amide bonds. The molecule has 9 nitrogen and oxygen atoms in total. The summed E-state index contributed by atoms with van der Waals surface area (Å²) < 4.78 is 16.7. The first-order valence-corrected chi connectivity index (χ1v) is 12.1. The molecule has 0 aliphatic carbocycles. The van der Waals surface area contributed by atoms with Crippen LogP contribution >= 0.6 is 0 Å². The second-order valence-electron chi connectivity index (χ2n) is 9.59. The number of piperazine rings is 1. The molecule has 2 saturated heterocycles. The molecule has 2 aliphatic rings. The summed E-state index contributed by atoms with van der Waals surface area (Å²) in [5.74, 6) is -1.83. The summed E-state index contributed by atoms with van der Waals surface area (Å²) in [5.41, 5.74) is -0.301. The van der Waals surface area contributed by atoms with Gasteiger partial charge in [0.25, 0.3) is 0 Å². The zero-order valence-electron chi connectivity index (χ0n) is 20.3. The number of aromatic carboxylic acids is 1. The van der Waals surface area contributed by atoms with E-state index in [-0.39, 0.29) is 23.6 Å². The van der Waals surface area contributed by atoms with E-state index in [2.05, 4.69) is 13.8 Å². The van der Waals surface area contributed by atoms with Crippen molar-refractivity contribution in [3.63, 3.8) is 0 Å². The number of carboxylic acids is 1. The third kappa shape index (κ3) is 4.67. The molecule has 2 fully saturated rings. The summed E-state index contributed by atoms with van der Waals surface area (Å²) in [5, 5.41) is 9.36.